The largest absolute Gasteiger partial charge is 1.00 e. The molecule has 0 amide bonds. The normalized spacial score (nSPS) is 21.0. The van der Waals surface area contributed by atoms with Gasteiger partial charge in [0.2, 0.25) is 0 Å². The van der Waals surface area contributed by atoms with E-state index in [-0.39, 0.29) is 59.8 Å². The first kappa shape index (κ1) is 39.9. The Morgan fingerprint density at radius 1 is 0.553 bits per heavy atom. The molecule has 2 atom stereocenters. The molecule has 4 aliphatic carbocycles. The number of hydrogen-bond donors (Lipinski definition) is 0. The summed E-state index contributed by atoms with van der Waals surface area (Å²) in [6.45, 7) is 4.73. The van der Waals surface area contributed by atoms with Crippen molar-refractivity contribution in [1.82, 2.24) is 0 Å². The molecule has 6 rings (SSSR count). The van der Waals surface area contributed by atoms with E-state index in [9.17, 15) is 0 Å². The van der Waals surface area contributed by atoms with Gasteiger partial charge in [-0.1, -0.05) is 0 Å². The van der Waals surface area contributed by atoms with Crippen LogP contribution in [0.5, 0.6) is 0 Å². The van der Waals surface area contributed by atoms with Crippen molar-refractivity contribution in [3.63, 3.8) is 0 Å². The zero-order valence-electron chi connectivity index (χ0n) is 29.4. The second kappa shape index (κ2) is 20.8. The van der Waals surface area contributed by atoms with Crippen LogP contribution in [0.15, 0.2) is 59.2 Å². The van der Waals surface area contributed by atoms with Gasteiger partial charge in [-0.3, -0.25) is 0 Å². The van der Waals surface area contributed by atoms with Crippen LogP contribution in [0.25, 0.3) is 12.2 Å². The van der Waals surface area contributed by atoms with E-state index in [1.807, 2.05) is 10.6 Å². The summed E-state index contributed by atoms with van der Waals surface area (Å²) in [6, 6.07) is 19.4. The quantitative estimate of drug-likeness (QED) is 0.0928. The van der Waals surface area contributed by atoms with Crippen molar-refractivity contribution >= 4 is 28.0 Å². The number of rotatable bonds is 16. The maximum Gasteiger partial charge on any atom is -1.00 e. The van der Waals surface area contributed by atoms with E-state index in [4.69, 9.17) is 0 Å². The molecule has 0 aromatic heterocycles. The summed E-state index contributed by atoms with van der Waals surface area (Å²) < 4.78 is 1.48. The zero-order chi connectivity index (χ0) is 30.8. The van der Waals surface area contributed by atoms with Crippen LogP contribution in [0.4, 0.5) is 0 Å². The monoisotopic (exact) mass is 744 g/mol. The molecule has 0 radical (unpaired) electrons. The molecule has 0 bridgehead atoms. The third-order valence-electron chi connectivity index (χ3n) is 11.3. The van der Waals surface area contributed by atoms with Crippen LogP contribution in [-0.2, 0) is 19.2 Å². The molecular formula is C42H60Cl2P2Ti. The molecule has 2 aromatic rings. The standard InChI is InChI=1S/C21H28P.C21H32P.2ClH.Ti/c1-3-11-19(12-4-1)22(20-13-5-2-6-14-20)21-15-17-9-7-8-10-18(17)16-21;1-3-5-7-11-15-22(16-12-8-6-4-2)21-17-19-13-9-10-14-20(19)18-21;;;/h7-10,15-16,19-20H,1-6,11-14H2;9-10,13-14,17-18H,3-8,11-12,15-16H2,1-2H3;2*1H;/q;;;;+2/p-2. The molecular weight excluding hydrogens is 685 g/mol. The summed E-state index contributed by atoms with van der Waals surface area (Å²) >= 11 is -0.296. The molecule has 256 valence electrons. The number of halogens is 2. The number of benzene rings is 2. The van der Waals surface area contributed by atoms with E-state index in [1.165, 1.54) is 128 Å². The minimum Gasteiger partial charge on any atom is -1.00 e. The van der Waals surface area contributed by atoms with Crippen molar-refractivity contribution < 1.29 is 44.0 Å². The SMILES string of the molecule is CCCCCCP(CCCCCC)C1=Cc2ccccc2[CH]1[Ti+2][CH]1C(P(C2CCCCC2)C2CCCCC2)=Cc2ccccc21.[Cl-].[Cl-]. The van der Waals surface area contributed by atoms with E-state index < -0.39 is 0 Å². The molecule has 0 saturated heterocycles. The third-order valence-corrected chi connectivity index (χ3v) is 21.5. The second-order valence-corrected chi connectivity index (χ2v) is 22.1. The molecule has 2 saturated carbocycles. The molecule has 2 fully saturated rings. The van der Waals surface area contributed by atoms with Crippen LogP contribution in [0.1, 0.15) is 160 Å². The van der Waals surface area contributed by atoms with E-state index in [0.29, 0.717) is 0 Å². The van der Waals surface area contributed by atoms with Gasteiger partial charge in [0.25, 0.3) is 0 Å². The van der Waals surface area contributed by atoms with Crippen LogP contribution < -0.4 is 24.8 Å². The molecule has 0 nitrogen and oxygen atoms in total. The molecule has 2 aromatic carbocycles. The maximum absolute atomic E-state index is 2.81. The van der Waals surface area contributed by atoms with Crippen LogP contribution >= 0.6 is 15.8 Å². The van der Waals surface area contributed by atoms with Crippen molar-refractivity contribution in [2.75, 3.05) is 12.3 Å². The van der Waals surface area contributed by atoms with Gasteiger partial charge in [-0.15, -0.1) is 0 Å². The molecule has 0 N–H and O–H groups in total. The number of unbranched alkanes of at least 4 members (excludes halogenated alkanes) is 6. The Morgan fingerprint density at radius 3 is 1.49 bits per heavy atom. The molecule has 47 heavy (non-hydrogen) atoms. The first-order chi connectivity index (χ1) is 22.3. The fraction of sp³-hybridized carbons (Fsp3) is 0.619. The van der Waals surface area contributed by atoms with Gasteiger partial charge in [-0.25, -0.2) is 0 Å². The molecule has 5 heteroatoms. The predicted molar refractivity (Wildman–Crippen MR) is 200 cm³/mol. The van der Waals surface area contributed by atoms with Crippen LogP contribution in [0.2, 0.25) is 0 Å². The van der Waals surface area contributed by atoms with Gasteiger partial charge < -0.3 is 24.8 Å². The fourth-order valence-corrected chi connectivity index (χ4v) is 20.5. The minimum atomic E-state index is -0.296. The minimum absolute atomic E-state index is 0. The van der Waals surface area contributed by atoms with Gasteiger partial charge in [0.15, 0.2) is 0 Å². The van der Waals surface area contributed by atoms with E-state index in [2.05, 4.69) is 74.5 Å². The summed E-state index contributed by atoms with van der Waals surface area (Å²) in [7, 11) is -0.0939. The first-order valence-corrected chi connectivity index (χ1v) is 24.2. The Bertz CT molecular complexity index is 1250. The Kier molecular flexibility index (Phi) is 17.6. The second-order valence-electron chi connectivity index (χ2n) is 14.5. The van der Waals surface area contributed by atoms with Crippen LogP contribution in [0, 0.1) is 0 Å². The van der Waals surface area contributed by atoms with Gasteiger partial charge in [0.05, 0.1) is 0 Å². The average molecular weight is 746 g/mol. The first-order valence-electron chi connectivity index (χ1n) is 19.2. The summed E-state index contributed by atoms with van der Waals surface area (Å²) in [5.74, 6) is 0. The van der Waals surface area contributed by atoms with Gasteiger partial charge in [-0.05, 0) is 0 Å². The van der Waals surface area contributed by atoms with Gasteiger partial charge >= 0.3 is 290 Å². The van der Waals surface area contributed by atoms with Crippen molar-refractivity contribution in [3.8, 4) is 0 Å². The van der Waals surface area contributed by atoms with Crippen molar-refractivity contribution in [3.05, 3.63) is 81.4 Å². The molecule has 0 spiro atoms. The summed E-state index contributed by atoms with van der Waals surface area (Å²) in [5.41, 5.74) is 8.60. The Labute approximate surface area is 312 Å². The Balaban J connectivity index is 0.00000250. The van der Waals surface area contributed by atoms with Crippen molar-refractivity contribution in [2.24, 2.45) is 0 Å². The van der Waals surface area contributed by atoms with Crippen LogP contribution in [0.3, 0.4) is 0 Å². The molecule has 2 unspecified atom stereocenters. The Hall–Kier alpha value is 0.0743. The topological polar surface area (TPSA) is 0 Å². The van der Waals surface area contributed by atoms with Gasteiger partial charge in [0.1, 0.15) is 0 Å². The molecule has 4 aliphatic rings. The van der Waals surface area contributed by atoms with Crippen molar-refractivity contribution in [1.29, 1.82) is 0 Å². The number of fused-ring (bicyclic) bond motifs is 2. The molecule has 0 aliphatic heterocycles. The predicted octanol–water partition coefficient (Wildman–Crippen LogP) is 8.06. The molecule has 0 heterocycles. The smallest absolute Gasteiger partial charge is 1.00 e. The average Bonchev–Trinajstić information content (AvgIpc) is 3.63. The maximum atomic E-state index is 2.81. The van der Waals surface area contributed by atoms with E-state index >= 15 is 0 Å². The summed E-state index contributed by atoms with van der Waals surface area (Å²) in [5, 5.41) is 3.92. The van der Waals surface area contributed by atoms with Gasteiger partial charge in [0, 0.05) is 0 Å². The zero-order valence-corrected chi connectivity index (χ0v) is 34.2. The summed E-state index contributed by atoms with van der Waals surface area (Å²) in [6.07, 6.45) is 34.7. The fourth-order valence-electron chi connectivity index (χ4n) is 8.90. The number of hydrogen-bond acceptors (Lipinski definition) is 0. The van der Waals surface area contributed by atoms with Crippen molar-refractivity contribution in [2.45, 2.75) is 149 Å². The number of allylic oxidation sites excluding steroid dienone is 2. The van der Waals surface area contributed by atoms with Gasteiger partial charge in [-0.2, -0.15) is 0 Å². The Morgan fingerprint density at radius 2 is 1.00 bits per heavy atom. The van der Waals surface area contributed by atoms with E-state index in [1.54, 1.807) is 22.3 Å². The van der Waals surface area contributed by atoms with Crippen LogP contribution in [-0.4, -0.2) is 23.6 Å². The van der Waals surface area contributed by atoms with E-state index in [0.717, 1.165) is 19.8 Å². The summed E-state index contributed by atoms with van der Waals surface area (Å²) in [4.78, 5) is 0. The third kappa shape index (κ3) is 10.1.